The predicted octanol–water partition coefficient (Wildman–Crippen LogP) is 5.08. The lowest BCUT2D eigenvalue weighted by Gasteiger charge is -2.27. The maximum atomic E-state index is 14.6. The zero-order valence-corrected chi connectivity index (χ0v) is 22.0. The first kappa shape index (κ1) is 30.5. The maximum absolute atomic E-state index is 14.6. The van der Waals surface area contributed by atoms with E-state index < -0.39 is 40.8 Å². The van der Waals surface area contributed by atoms with Crippen LogP contribution in [0.4, 0.5) is 29.1 Å². The molecule has 206 valence electrons. The number of alkyl halides is 3. The Morgan fingerprint density at radius 2 is 1.76 bits per heavy atom. The normalized spacial score (nSPS) is 13.3. The summed E-state index contributed by atoms with van der Waals surface area (Å²) < 4.78 is 78.0. The van der Waals surface area contributed by atoms with E-state index in [-0.39, 0.29) is 29.9 Å². The average Bonchev–Trinajstić information content (AvgIpc) is 2.83. The van der Waals surface area contributed by atoms with Gasteiger partial charge in [0.2, 0.25) is 5.91 Å². The summed E-state index contributed by atoms with van der Waals surface area (Å²) in [4.78, 5) is 18.1. The van der Waals surface area contributed by atoms with E-state index in [4.69, 9.17) is 5.73 Å². The van der Waals surface area contributed by atoms with Crippen molar-refractivity contribution in [2.24, 2.45) is 5.73 Å². The standard InChI is InChI=1S/C25H34F4N4O3S/c1-4-6-14-33(15-7-5-2)24-17(10-13-22(31-24)25(27,28)29)8-11-19(23(30)34)18-9-12-21(20(26)16-18)32(3)37(35)36/h9-10,12-13,16,19H,4-8,11,14-15H2,1-3H3,(H2,30,34)(H,35,36)/p-1. The molecule has 0 radical (unpaired) electrons. The number of hydrogen-bond acceptors (Lipinski definition) is 5. The van der Waals surface area contributed by atoms with Crippen LogP contribution < -0.4 is 14.9 Å². The van der Waals surface area contributed by atoms with Crippen molar-refractivity contribution in [3.05, 3.63) is 53.0 Å². The van der Waals surface area contributed by atoms with Gasteiger partial charge < -0.3 is 19.5 Å². The topological polar surface area (TPSA) is 103 Å². The van der Waals surface area contributed by atoms with Gasteiger partial charge in [-0.3, -0.25) is 9.00 Å². The maximum Gasteiger partial charge on any atom is 0.433 e. The summed E-state index contributed by atoms with van der Waals surface area (Å²) in [5, 5.41) is 0. The molecule has 12 heteroatoms. The lowest BCUT2D eigenvalue weighted by Crippen LogP contribution is -2.29. The Labute approximate surface area is 217 Å². The minimum absolute atomic E-state index is 0.104. The lowest BCUT2D eigenvalue weighted by molar-refractivity contribution is -0.141. The van der Waals surface area contributed by atoms with Crippen LogP contribution in [0.3, 0.4) is 0 Å². The van der Waals surface area contributed by atoms with Crippen LogP contribution in [0.2, 0.25) is 0 Å². The number of rotatable bonds is 14. The number of aromatic nitrogens is 1. The van der Waals surface area contributed by atoms with Crippen LogP contribution in [0.1, 0.15) is 68.7 Å². The fraction of sp³-hybridized carbons (Fsp3) is 0.520. The summed E-state index contributed by atoms with van der Waals surface area (Å²) in [6.45, 7) is 5.07. The number of halogens is 4. The smallest absolute Gasteiger partial charge is 0.433 e. The minimum Gasteiger partial charge on any atom is -0.755 e. The fourth-order valence-corrected chi connectivity index (χ4v) is 4.28. The van der Waals surface area contributed by atoms with Gasteiger partial charge in [0.05, 0.1) is 11.6 Å². The van der Waals surface area contributed by atoms with Gasteiger partial charge in [-0.25, -0.2) is 9.37 Å². The third-order valence-electron chi connectivity index (χ3n) is 6.09. The van der Waals surface area contributed by atoms with Crippen LogP contribution in [0.5, 0.6) is 0 Å². The number of carbonyl (C=O) groups is 1. The molecule has 0 aliphatic rings. The van der Waals surface area contributed by atoms with Crippen LogP contribution in [0.25, 0.3) is 0 Å². The monoisotopic (exact) mass is 545 g/mol. The highest BCUT2D eigenvalue weighted by Gasteiger charge is 2.34. The minimum atomic E-state index is -4.61. The molecule has 0 bridgehead atoms. The second-order valence-electron chi connectivity index (χ2n) is 8.79. The van der Waals surface area contributed by atoms with Gasteiger partial charge in [0.1, 0.15) is 17.3 Å². The molecule has 2 unspecified atom stereocenters. The molecule has 7 nitrogen and oxygen atoms in total. The first-order chi connectivity index (χ1) is 17.4. The van der Waals surface area contributed by atoms with E-state index in [2.05, 4.69) is 4.98 Å². The van der Waals surface area contributed by atoms with Gasteiger partial charge in [0.15, 0.2) is 0 Å². The SMILES string of the molecule is CCCCN(CCCC)c1nc(C(F)(F)F)ccc1CCC(C(N)=O)c1ccc(N(C)S(=O)[O-])c(F)c1. The summed E-state index contributed by atoms with van der Waals surface area (Å²) in [7, 11) is 1.18. The third-order valence-corrected chi connectivity index (χ3v) is 6.74. The molecule has 0 aliphatic carbocycles. The third kappa shape index (κ3) is 8.39. The van der Waals surface area contributed by atoms with E-state index in [1.54, 1.807) is 0 Å². The molecule has 1 aromatic heterocycles. The Bertz CT molecular complexity index is 1080. The average molecular weight is 546 g/mol. The number of anilines is 2. The van der Waals surface area contributed by atoms with Crippen molar-refractivity contribution < 1.29 is 31.1 Å². The number of aryl methyl sites for hydroxylation is 1. The van der Waals surface area contributed by atoms with Gasteiger partial charge in [-0.2, -0.15) is 13.2 Å². The largest absolute Gasteiger partial charge is 0.755 e. The molecule has 0 saturated heterocycles. The second-order valence-corrected chi connectivity index (χ2v) is 9.77. The molecule has 0 aliphatic heterocycles. The summed E-state index contributed by atoms with van der Waals surface area (Å²) >= 11 is -2.69. The van der Waals surface area contributed by atoms with E-state index in [1.807, 2.05) is 18.7 Å². The van der Waals surface area contributed by atoms with Crippen LogP contribution in [-0.2, 0) is 28.7 Å². The Morgan fingerprint density at radius 1 is 1.14 bits per heavy atom. The number of carbonyl (C=O) groups excluding carboxylic acids is 1. The van der Waals surface area contributed by atoms with Crippen molar-refractivity contribution in [1.29, 1.82) is 0 Å². The molecule has 2 atom stereocenters. The number of pyridine rings is 1. The van der Waals surface area contributed by atoms with Gasteiger partial charge in [-0.1, -0.05) is 38.8 Å². The van der Waals surface area contributed by atoms with Crippen LogP contribution in [0.15, 0.2) is 30.3 Å². The van der Waals surface area contributed by atoms with Crippen molar-refractivity contribution in [2.45, 2.75) is 64.5 Å². The van der Waals surface area contributed by atoms with E-state index >= 15 is 0 Å². The first-order valence-electron chi connectivity index (χ1n) is 12.1. The van der Waals surface area contributed by atoms with Gasteiger partial charge >= 0.3 is 6.18 Å². The molecule has 2 aromatic rings. The number of primary amides is 1. The van der Waals surface area contributed by atoms with Gasteiger partial charge in [-0.15, -0.1) is 0 Å². The fourth-order valence-electron chi connectivity index (χ4n) is 3.97. The lowest BCUT2D eigenvalue weighted by atomic mass is 9.91. The molecule has 0 fully saturated rings. The van der Waals surface area contributed by atoms with E-state index in [9.17, 15) is 31.1 Å². The van der Waals surface area contributed by atoms with Gasteiger partial charge in [-0.05, 0) is 55.0 Å². The predicted molar refractivity (Wildman–Crippen MR) is 135 cm³/mol. The van der Waals surface area contributed by atoms with Crippen LogP contribution in [-0.4, -0.2) is 39.8 Å². The van der Waals surface area contributed by atoms with Gasteiger partial charge in [0, 0.05) is 31.4 Å². The summed E-state index contributed by atoms with van der Waals surface area (Å²) in [5.41, 5.74) is 5.18. The van der Waals surface area contributed by atoms with Crippen molar-refractivity contribution in [3.8, 4) is 0 Å². The number of nitrogens with zero attached hydrogens (tertiary/aromatic N) is 3. The number of hydrogen-bond donors (Lipinski definition) is 1. The van der Waals surface area contributed by atoms with Crippen LogP contribution >= 0.6 is 0 Å². The quantitative estimate of drug-likeness (QED) is 0.264. The number of benzene rings is 1. The highest BCUT2D eigenvalue weighted by Crippen LogP contribution is 2.33. The molecule has 1 amide bonds. The number of amides is 1. The molecular formula is C25H33F4N4O3S-. The Morgan fingerprint density at radius 3 is 2.24 bits per heavy atom. The van der Waals surface area contributed by atoms with Crippen molar-refractivity contribution in [1.82, 2.24) is 4.98 Å². The Balaban J connectivity index is 2.41. The summed E-state index contributed by atoms with van der Waals surface area (Å²) in [5.74, 6) is -2.30. The number of unbranched alkanes of at least 4 members (excludes halogenated alkanes) is 2. The molecular weight excluding hydrogens is 512 g/mol. The molecule has 0 spiro atoms. The summed E-state index contributed by atoms with van der Waals surface area (Å²) in [6, 6.07) is 5.99. The number of nitrogens with two attached hydrogens (primary N) is 1. The first-order valence-corrected chi connectivity index (χ1v) is 13.2. The van der Waals surface area contributed by atoms with Gasteiger partial charge in [0.25, 0.3) is 0 Å². The van der Waals surface area contributed by atoms with E-state index in [0.29, 0.717) is 23.0 Å². The second kappa shape index (κ2) is 13.7. The molecule has 2 rings (SSSR count). The molecule has 1 aromatic carbocycles. The van der Waals surface area contributed by atoms with Crippen molar-refractivity contribution in [2.75, 3.05) is 29.3 Å². The van der Waals surface area contributed by atoms with E-state index in [0.717, 1.165) is 37.8 Å². The Hall–Kier alpha value is -2.73. The highest BCUT2D eigenvalue weighted by molar-refractivity contribution is 7.80. The Kier molecular flexibility index (Phi) is 11.3. The van der Waals surface area contributed by atoms with Crippen molar-refractivity contribution >= 4 is 28.7 Å². The summed E-state index contributed by atoms with van der Waals surface area (Å²) in [6.07, 6.45) is -1.05. The van der Waals surface area contributed by atoms with Crippen molar-refractivity contribution in [3.63, 3.8) is 0 Å². The molecule has 1 heterocycles. The molecule has 37 heavy (non-hydrogen) atoms. The zero-order valence-electron chi connectivity index (χ0n) is 21.2. The highest BCUT2D eigenvalue weighted by atomic mass is 32.2. The molecule has 0 saturated carbocycles. The zero-order chi connectivity index (χ0) is 27.8. The van der Waals surface area contributed by atoms with E-state index in [1.165, 1.54) is 25.2 Å². The molecule has 2 N–H and O–H groups in total. The van der Waals surface area contributed by atoms with Crippen LogP contribution in [0, 0.1) is 5.82 Å².